The number of amides is 1. The topological polar surface area (TPSA) is 101 Å². The number of carbonyl (C=O) groups excluding carboxylic acids is 2. The van der Waals surface area contributed by atoms with Gasteiger partial charge >= 0.3 is 5.97 Å². The lowest BCUT2D eigenvalue weighted by atomic mass is 9.78. The Bertz CT molecular complexity index is 1010. The molecule has 0 bridgehead atoms. The number of β-lactam (4-membered cyclic amide) rings is 1. The van der Waals surface area contributed by atoms with Crippen molar-refractivity contribution in [1.29, 1.82) is 0 Å². The second-order valence-corrected chi connectivity index (χ2v) is 10.2. The van der Waals surface area contributed by atoms with E-state index in [1.165, 1.54) is 10.5 Å². The second-order valence-electron chi connectivity index (χ2n) is 9.49. The summed E-state index contributed by atoms with van der Waals surface area (Å²) in [6.07, 6.45) is -0.805. The van der Waals surface area contributed by atoms with Crippen LogP contribution in [0.4, 0.5) is 0 Å². The predicted octanol–water partition coefficient (Wildman–Crippen LogP) is 1.35. The van der Waals surface area contributed by atoms with E-state index in [4.69, 9.17) is 22.0 Å². The van der Waals surface area contributed by atoms with Crippen LogP contribution < -0.4 is 9.74 Å². The number of aliphatic hydroxyl groups excluding tert-OH is 1. The maximum atomic E-state index is 12.8. The number of benzene rings is 1. The van der Waals surface area contributed by atoms with Crippen LogP contribution in [-0.2, 0) is 25.4 Å². The molecule has 2 fully saturated rings. The van der Waals surface area contributed by atoms with Crippen LogP contribution in [0.15, 0.2) is 23.4 Å². The van der Waals surface area contributed by atoms with Gasteiger partial charge in [-0.3, -0.25) is 9.69 Å². The van der Waals surface area contributed by atoms with Crippen molar-refractivity contribution in [2.75, 3.05) is 32.9 Å². The van der Waals surface area contributed by atoms with E-state index in [1.54, 1.807) is 6.92 Å². The molecule has 0 aliphatic carbocycles. The molecule has 1 aromatic rings. The minimum atomic E-state index is -0.805. The third-order valence-electron chi connectivity index (χ3n) is 7.23. The van der Waals surface area contributed by atoms with Gasteiger partial charge in [0.25, 0.3) is 0 Å². The van der Waals surface area contributed by atoms with Crippen molar-refractivity contribution in [2.45, 2.75) is 46.4 Å². The zero-order valence-corrected chi connectivity index (χ0v) is 21.7. The Morgan fingerprint density at radius 3 is 2.69 bits per heavy atom. The average Bonchev–Trinajstić information content (AvgIpc) is 3.07. The summed E-state index contributed by atoms with van der Waals surface area (Å²) in [4.78, 5) is 31.8. The SMILES string of the molecule is [B]NPOC(=O)C1=C(COc2cc(C)c(CN3CCOCC3)cc2C)[C@H](C)[C@@H]2[C@@H]([C@@H](C)O)C(=O)N12. The van der Waals surface area contributed by atoms with Crippen molar-refractivity contribution in [3.63, 3.8) is 0 Å². The van der Waals surface area contributed by atoms with E-state index in [9.17, 15) is 14.7 Å². The molecule has 0 aromatic heterocycles. The summed E-state index contributed by atoms with van der Waals surface area (Å²) in [6.45, 7) is 12.0. The Morgan fingerprint density at radius 2 is 2.03 bits per heavy atom. The van der Waals surface area contributed by atoms with Gasteiger partial charge in [0.15, 0.2) is 7.98 Å². The zero-order chi connectivity index (χ0) is 25.3. The minimum absolute atomic E-state index is 0.140. The third kappa shape index (κ3) is 5.13. The van der Waals surface area contributed by atoms with E-state index < -0.39 is 26.9 Å². The van der Waals surface area contributed by atoms with Crippen LogP contribution in [0.25, 0.3) is 0 Å². The molecule has 0 spiro atoms. The summed E-state index contributed by atoms with van der Waals surface area (Å²) in [5.41, 5.74) is 4.27. The number of ether oxygens (including phenoxy) is 2. The molecule has 188 valence electrons. The van der Waals surface area contributed by atoms with E-state index in [1.807, 2.05) is 19.9 Å². The van der Waals surface area contributed by atoms with Crippen molar-refractivity contribution in [3.8, 4) is 5.75 Å². The van der Waals surface area contributed by atoms with E-state index in [2.05, 4.69) is 22.9 Å². The van der Waals surface area contributed by atoms with Crippen LogP contribution in [-0.4, -0.2) is 79.8 Å². The average molecular weight is 501 g/mol. The summed E-state index contributed by atoms with van der Waals surface area (Å²) in [5.74, 6) is -0.878. The number of rotatable bonds is 9. The molecule has 3 aliphatic rings. The van der Waals surface area contributed by atoms with Crippen LogP contribution in [0.3, 0.4) is 0 Å². The number of fused-ring (bicyclic) bond motifs is 1. The molecule has 0 saturated carbocycles. The highest BCUT2D eigenvalue weighted by Crippen LogP contribution is 2.47. The summed E-state index contributed by atoms with van der Waals surface area (Å²) in [7, 11) is 4.83. The van der Waals surface area contributed by atoms with Gasteiger partial charge in [0.1, 0.15) is 27.0 Å². The highest BCUT2D eigenvalue weighted by molar-refractivity contribution is 7.32. The maximum absolute atomic E-state index is 12.8. The first kappa shape index (κ1) is 26.1. The van der Waals surface area contributed by atoms with E-state index >= 15 is 0 Å². The lowest BCUT2D eigenvalue weighted by Crippen LogP contribution is -2.63. The first-order valence-electron chi connectivity index (χ1n) is 11.9. The first-order chi connectivity index (χ1) is 16.7. The molecule has 11 heteroatoms. The fraction of sp³-hybridized carbons (Fsp3) is 0.583. The van der Waals surface area contributed by atoms with Crippen molar-refractivity contribution >= 4 is 28.8 Å². The molecule has 2 saturated heterocycles. The van der Waals surface area contributed by atoms with Crippen molar-refractivity contribution in [2.24, 2.45) is 11.8 Å². The highest BCUT2D eigenvalue weighted by atomic mass is 31.1. The molecular weight excluding hydrogens is 468 g/mol. The molecule has 2 radical (unpaired) electrons. The molecular formula is C24H33BN3O6P. The van der Waals surface area contributed by atoms with Gasteiger partial charge in [-0.15, -0.1) is 0 Å². The first-order valence-corrected chi connectivity index (χ1v) is 12.8. The number of nitrogens with one attached hydrogen (secondary N) is 1. The summed E-state index contributed by atoms with van der Waals surface area (Å²) in [5, 5.41) is 10.1. The van der Waals surface area contributed by atoms with Crippen LogP contribution in [0.2, 0.25) is 0 Å². The molecule has 4 rings (SSSR count). The Labute approximate surface area is 209 Å². The second kappa shape index (κ2) is 11.0. The molecule has 1 aromatic carbocycles. The van der Waals surface area contributed by atoms with Gasteiger partial charge in [-0.05, 0) is 43.5 Å². The monoisotopic (exact) mass is 501 g/mol. The summed E-state index contributed by atoms with van der Waals surface area (Å²) in [6, 6.07) is 3.88. The summed E-state index contributed by atoms with van der Waals surface area (Å²) < 4.78 is 16.9. The molecule has 3 aliphatic heterocycles. The van der Waals surface area contributed by atoms with Crippen LogP contribution in [0, 0.1) is 25.7 Å². The quantitative estimate of drug-likeness (QED) is 0.297. The molecule has 1 unspecified atom stereocenters. The highest BCUT2D eigenvalue weighted by Gasteiger charge is 2.60. The van der Waals surface area contributed by atoms with Gasteiger partial charge in [0, 0.05) is 31.1 Å². The number of carbonyl (C=O) groups is 2. The molecule has 2 N–H and O–H groups in total. The molecule has 35 heavy (non-hydrogen) atoms. The van der Waals surface area contributed by atoms with Crippen molar-refractivity contribution in [3.05, 3.63) is 40.1 Å². The maximum Gasteiger partial charge on any atom is 0.358 e. The zero-order valence-electron chi connectivity index (χ0n) is 20.7. The number of aryl methyl sites for hydroxylation is 2. The predicted molar refractivity (Wildman–Crippen MR) is 133 cm³/mol. The van der Waals surface area contributed by atoms with Gasteiger partial charge in [0.2, 0.25) is 5.91 Å². The molecule has 3 heterocycles. The smallest absolute Gasteiger partial charge is 0.358 e. The van der Waals surface area contributed by atoms with Crippen molar-refractivity contribution < 1.29 is 28.7 Å². The Hall–Kier alpha value is -1.97. The Morgan fingerprint density at radius 1 is 1.31 bits per heavy atom. The number of aliphatic hydroxyl groups is 1. The Balaban J connectivity index is 1.53. The number of hydrogen-bond acceptors (Lipinski definition) is 8. The third-order valence-corrected chi connectivity index (χ3v) is 7.63. The van der Waals surface area contributed by atoms with Crippen LogP contribution >= 0.6 is 8.96 Å². The van der Waals surface area contributed by atoms with E-state index in [-0.39, 0.29) is 30.2 Å². The van der Waals surface area contributed by atoms with Crippen LogP contribution in [0.5, 0.6) is 5.75 Å². The van der Waals surface area contributed by atoms with Gasteiger partial charge in [-0.2, -0.15) is 0 Å². The van der Waals surface area contributed by atoms with E-state index in [0.29, 0.717) is 5.57 Å². The molecule has 5 atom stereocenters. The Kier molecular flexibility index (Phi) is 8.18. The molecule has 9 nitrogen and oxygen atoms in total. The van der Waals surface area contributed by atoms with Gasteiger partial charge in [-0.1, -0.05) is 13.0 Å². The molecule has 1 amide bonds. The minimum Gasteiger partial charge on any atom is -0.489 e. The lowest BCUT2D eigenvalue weighted by Gasteiger charge is -2.46. The number of nitrogens with zero attached hydrogens (tertiary/aromatic N) is 2. The lowest BCUT2D eigenvalue weighted by molar-refractivity contribution is -0.162. The van der Waals surface area contributed by atoms with E-state index in [0.717, 1.165) is 49.7 Å². The normalized spacial score (nSPS) is 25.7. The number of hydrogen-bond donors (Lipinski definition) is 2. The fourth-order valence-electron chi connectivity index (χ4n) is 5.28. The van der Waals surface area contributed by atoms with Gasteiger partial charge in [0.05, 0.1) is 31.3 Å². The van der Waals surface area contributed by atoms with Crippen LogP contribution in [0.1, 0.15) is 30.5 Å². The standard InChI is InChI=1S/C24H33BN3O6P/c1-13-10-19(14(2)9-17(13)11-27-5-7-32-8-6-27)33-12-18-15(3)21-20(16(4)29)23(30)28(21)22(18)24(31)34-35-26-25/h9-10,15-16,20-21,26,29,35H,5-8,11-12H2,1-4H3/t15-,16+,20+,21+/m0/s1. The van der Waals surface area contributed by atoms with Gasteiger partial charge < -0.3 is 29.0 Å². The fourth-order valence-corrected chi connectivity index (χ4v) is 5.53. The largest absolute Gasteiger partial charge is 0.489 e. The summed E-state index contributed by atoms with van der Waals surface area (Å²) >= 11 is 0. The van der Waals surface area contributed by atoms with Crippen molar-refractivity contribution in [1.82, 2.24) is 14.8 Å². The number of morpholine rings is 1. The van der Waals surface area contributed by atoms with Gasteiger partial charge in [-0.25, -0.2) is 4.79 Å².